The molecule has 94 valence electrons. The van der Waals surface area contributed by atoms with Crippen molar-refractivity contribution in [3.63, 3.8) is 0 Å². The molecule has 6 heteroatoms. The molecule has 2 aliphatic carbocycles. The lowest BCUT2D eigenvalue weighted by Gasteiger charge is -2.21. The zero-order chi connectivity index (χ0) is 12.8. The molecule has 0 aliphatic heterocycles. The van der Waals surface area contributed by atoms with Crippen LogP contribution in [0.15, 0.2) is 12.2 Å². The Morgan fingerprint density at radius 3 is 1.65 bits per heavy atom. The highest BCUT2D eigenvalue weighted by Crippen LogP contribution is 2.58. The first kappa shape index (κ1) is 12.0. The number of hydrogen-bond acceptors (Lipinski definition) is 4. The molecule has 2 bridgehead atoms. The first-order valence-electron chi connectivity index (χ1n) is 5.17. The van der Waals surface area contributed by atoms with Gasteiger partial charge in [-0.25, -0.2) is 8.78 Å². The minimum absolute atomic E-state index is 0.795. The van der Waals surface area contributed by atoms with Crippen molar-refractivity contribution in [3.05, 3.63) is 12.2 Å². The summed E-state index contributed by atoms with van der Waals surface area (Å²) in [6.45, 7) is 0. The quantitative estimate of drug-likeness (QED) is 0.539. The molecule has 0 radical (unpaired) electrons. The standard InChI is InChI=1S/C11H12F2O4/c1-16-9(14)7-5-3-4-6(11(5,12)13)8(7)10(15)17-2/h3-8H,1-2H3/t5-,6+,7+,8-. The zero-order valence-electron chi connectivity index (χ0n) is 9.35. The Labute approximate surface area is 96.6 Å². The fraction of sp³-hybridized carbons (Fsp3) is 0.636. The van der Waals surface area contributed by atoms with Crippen molar-refractivity contribution in [1.82, 2.24) is 0 Å². The van der Waals surface area contributed by atoms with Crippen LogP contribution < -0.4 is 0 Å². The van der Waals surface area contributed by atoms with Gasteiger partial charge in [-0.3, -0.25) is 9.59 Å². The molecule has 0 aromatic heterocycles. The Morgan fingerprint density at radius 1 is 1.00 bits per heavy atom. The maximum atomic E-state index is 13.8. The Balaban J connectivity index is 2.39. The normalized spacial score (nSPS) is 36.9. The fourth-order valence-electron chi connectivity index (χ4n) is 2.74. The third-order valence-corrected chi connectivity index (χ3v) is 3.52. The van der Waals surface area contributed by atoms with E-state index in [1.807, 2.05) is 0 Å². The number of methoxy groups -OCH3 is 2. The van der Waals surface area contributed by atoms with Crippen molar-refractivity contribution in [2.75, 3.05) is 14.2 Å². The van der Waals surface area contributed by atoms with Crippen LogP contribution in [0.1, 0.15) is 0 Å². The Bertz CT molecular complexity index is 357. The van der Waals surface area contributed by atoms with Crippen molar-refractivity contribution in [2.24, 2.45) is 23.7 Å². The molecule has 0 saturated heterocycles. The number of esters is 2. The van der Waals surface area contributed by atoms with Gasteiger partial charge in [-0.15, -0.1) is 0 Å². The van der Waals surface area contributed by atoms with Crippen molar-refractivity contribution >= 4 is 11.9 Å². The number of fused-ring (bicyclic) bond motifs is 2. The summed E-state index contributed by atoms with van der Waals surface area (Å²) < 4.78 is 36.6. The van der Waals surface area contributed by atoms with Crippen LogP contribution in [0.25, 0.3) is 0 Å². The van der Waals surface area contributed by atoms with Crippen LogP contribution in [0.4, 0.5) is 8.78 Å². The third-order valence-electron chi connectivity index (χ3n) is 3.52. The molecule has 0 aromatic rings. The van der Waals surface area contributed by atoms with Crippen LogP contribution in [0.2, 0.25) is 0 Å². The lowest BCUT2D eigenvalue weighted by atomic mass is 9.83. The molecule has 2 aliphatic rings. The molecule has 0 N–H and O–H groups in total. The van der Waals surface area contributed by atoms with Crippen molar-refractivity contribution in [1.29, 1.82) is 0 Å². The molecule has 1 saturated carbocycles. The van der Waals surface area contributed by atoms with Gasteiger partial charge < -0.3 is 9.47 Å². The van der Waals surface area contributed by atoms with Gasteiger partial charge in [0.25, 0.3) is 5.92 Å². The van der Waals surface area contributed by atoms with Gasteiger partial charge >= 0.3 is 11.9 Å². The zero-order valence-corrected chi connectivity index (χ0v) is 9.35. The topological polar surface area (TPSA) is 52.6 Å². The van der Waals surface area contributed by atoms with E-state index in [4.69, 9.17) is 0 Å². The largest absolute Gasteiger partial charge is 0.469 e. The Hall–Kier alpha value is -1.46. The average Bonchev–Trinajstić information content (AvgIpc) is 2.73. The van der Waals surface area contributed by atoms with E-state index in [0.717, 1.165) is 14.2 Å². The fourth-order valence-corrected chi connectivity index (χ4v) is 2.74. The van der Waals surface area contributed by atoms with Crippen molar-refractivity contribution in [3.8, 4) is 0 Å². The second-order valence-electron chi connectivity index (χ2n) is 4.21. The average molecular weight is 246 g/mol. The molecule has 4 nitrogen and oxygen atoms in total. The molecule has 0 unspecified atom stereocenters. The summed E-state index contributed by atoms with van der Waals surface area (Å²) in [6.07, 6.45) is 2.57. The van der Waals surface area contributed by atoms with Crippen LogP contribution in [-0.4, -0.2) is 32.1 Å². The smallest absolute Gasteiger partial charge is 0.310 e. The van der Waals surface area contributed by atoms with Crippen molar-refractivity contribution < 1.29 is 27.8 Å². The molecule has 0 amide bonds. The maximum absolute atomic E-state index is 13.8. The van der Waals surface area contributed by atoms with Crippen LogP contribution >= 0.6 is 0 Å². The van der Waals surface area contributed by atoms with Gasteiger partial charge in [0.2, 0.25) is 0 Å². The predicted molar refractivity (Wildman–Crippen MR) is 52.1 cm³/mol. The number of rotatable bonds is 2. The minimum Gasteiger partial charge on any atom is -0.469 e. The number of halogens is 2. The first-order chi connectivity index (χ1) is 7.95. The van der Waals surface area contributed by atoms with E-state index in [2.05, 4.69) is 9.47 Å². The molecule has 0 aromatic carbocycles. The summed E-state index contributed by atoms with van der Waals surface area (Å²) in [5, 5.41) is 0. The van der Waals surface area contributed by atoms with Gasteiger partial charge in [0.15, 0.2) is 0 Å². The highest BCUT2D eigenvalue weighted by Gasteiger charge is 2.68. The third kappa shape index (κ3) is 1.46. The first-order valence-corrected chi connectivity index (χ1v) is 5.17. The molecule has 2 rings (SSSR count). The van der Waals surface area contributed by atoms with Crippen LogP contribution in [-0.2, 0) is 19.1 Å². The predicted octanol–water partition coefficient (Wildman–Crippen LogP) is 1.02. The van der Waals surface area contributed by atoms with Gasteiger partial charge in [-0.1, -0.05) is 12.2 Å². The molecule has 4 atom stereocenters. The van der Waals surface area contributed by atoms with E-state index in [9.17, 15) is 18.4 Å². The summed E-state index contributed by atoms with van der Waals surface area (Å²) in [5.41, 5.74) is 0. The Kier molecular flexibility index (Phi) is 2.67. The van der Waals surface area contributed by atoms with E-state index >= 15 is 0 Å². The highest BCUT2D eigenvalue weighted by molar-refractivity contribution is 5.85. The summed E-state index contributed by atoms with van der Waals surface area (Å²) in [4.78, 5) is 23.1. The van der Waals surface area contributed by atoms with E-state index in [1.165, 1.54) is 12.2 Å². The SMILES string of the molecule is COC(=O)[C@@H]1[C@H](C(=O)OC)[C@@H]2C=C[C@H]1C2(F)F. The summed E-state index contributed by atoms with van der Waals surface area (Å²) in [5.74, 6) is -9.53. The van der Waals surface area contributed by atoms with Gasteiger partial charge in [0, 0.05) is 0 Å². The van der Waals surface area contributed by atoms with Crippen LogP contribution in [0.3, 0.4) is 0 Å². The van der Waals surface area contributed by atoms with Gasteiger partial charge in [0.1, 0.15) is 0 Å². The molecule has 17 heavy (non-hydrogen) atoms. The summed E-state index contributed by atoms with van der Waals surface area (Å²) in [7, 11) is 2.23. The maximum Gasteiger partial charge on any atom is 0.310 e. The number of ether oxygens (including phenoxy) is 2. The molecular weight excluding hydrogens is 234 g/mol. The number of allylic oxidation sites excluding steroid dienone is 2. The molecule has 0 spiro atoms. The van der Waals surface area contributed by atoms with E-state index in [-0.39, 0.29) is 0 Å². The number of alkyl halides is 2. The Morgan fingerprint density at radius 2 is 1.35 bits per heavy atom. The van der Waals surface area contributed by atoms with E-state index in [1.54, 1.807) is 0 Å². The second-order valence-corrected chi connectivity index (χ2v) is 4.21. The number of carbonyl (C=O) groups excluding carboxylic acids is 2. The van der Waals surface area contributed by atoms with E-state index in [0.29, 0.717) is 0 Å². The molecule has 0 heterocycles. The summed E-state index contributed by atoms with van der Waals surface area (Å²) >= 11 is 0. The van der Waals surface area contributed by atoms with Gasteiger partial charge in [-0.05, 0) is 0 Å². The van der Waals surface area contributed by atoms with Gasteiger partial charge in [0.05, 0.1) is 37.9 Å². The van der Waals surface area contributed by atoms with Crippen LogP contribution in [0, 0.1) is 23.7 Å². The number of hydrogen-bond donors (Lipinski definition) is 0. The molecule has 1 fully saturated rings. The molecular formula is C11H12F2O4. The van der Waals surface area contributed by atoms with Crippen molar-refractivity contribution in [2.45, 2.75) is 5.92 Å². The minimum atomic E-state index is -3.09. The monoisotopic (exact) mass is 246 g/mol. The summed E-state index contributed by atoms with van der Waals surface area (Å²) in [6, 6.07) is 0. The lowest BCUT2D eigenvalue weighted by molar-refractivity contribution is -0.158. The van der Waals surface area contributed by atoms with Crippen LogP contribution in [0.5, 0.6) is 0 Å². The highest BCUT2D eigenvalue weighted by atomic mass is 19.3. The van der Waals surface area contributed by atoms with E-state index < -0.39 is 41.5 Å². The second kappa shape index (κ2) is 3.78. The van der Waals surface area contributed by atoms with Gasteiger partial charge in [-0.2, -0.15) is 0 Å². The lowest BCUT2D eigenvalue weighted by Crippen LogP contribution is -2.34. The number of carbonyl (C=O) groups is 2.